The number of hydrogen-bond donors (Lipinski definition) is 2. The Morgan fingerprint density at radius 3 is 3.25 bits per heavy atom. The minimum atomic E-state index is -0.831. The normalized spacial score (nSPS) is 24.0. The van der Waals surface area contributed by atoms with Crippen LogP contribution in [0.3, 0.4) is 0 Å². The van der Waals surface area contributed by atoms with Gasteiger partial charge in [0.1, 0.15) is 11.7 Å². The molecule has 2 heterocycles. The average Bonchev–Trinajstić information content (AvgIpc) is 2.74. The van der Waals surface area contributed by atoms with Crippen molar-refractivity contribution < 1.29 is 9.84 Å². The van der Waals surface area contributed by atoms with Gasteiger partial charge in [-0.1, -0.05) is 0 Å². The second-order valence-corrected chi connectivity index (χ2v) is 3.89. The lowest BCUT2D eigenvalue weighted by atomic mass is 10.0. The van der Waals surface area contributed by atoms with E-state index in [0.717, 1.165) is 0 Å². The Labute approximate surface area is 93.7 Å². The summed E-state index contributed by atoms with van der Waals surface area (Å²) in [6.45, 7) is 1.28. The number of rotatable bonds is 3. The highest BCUT2D eigenvalue weighted by Crippen LogP contribution is 2.20. The number of aliphatic hydroxyl groups is 1. The molecule has 1 aromatic heterocycles. The first-order valence-corrected chi connectivity index (χ1v) is 5.13. The molecule has 0 amide bonds. The van der Waals surface area contributed by atoms with Gasteiger partial charge in [0.15, 0.2) is 5.69 Å². The SMILES string of the molecule is N#Cc1ncccc1NCC1(O)CCOC1. The fraction of sp³-hybridized carbons (Fsp3) is 0.455. The van der Waals surface area contributed by atoms with Crippen LogP contribution >= 0.6 is 0 Å². The number of ether oxygens (including phenoxy) is 1. The molecule has 5 nitrogen and oxygen atoms in total. The van der Waals surface area contributed by atoms with Crippen molar-refractivity contribution in [2.24, 2.45) is 0 Å². The van der Waals surface area contributed by atoms with E-state index in [1.54, 1.807) is 18.3 Å². The van der Waals surface area contributed by atoms with Gasteiger partial charge < -0.3 is 15.2 Å². The minimum Gasteiger partial charge on any atom is -0.386 e. The van der Waals surface area contributed by atoms with E-state index in [9.17, 15) is 5.11 Å². The van der Waals surface area contributed by atoms with Crippen molar-refractivity contribution in [3.05, 3.63) is 24.0 Å². The third-order valence-corrected chi connectivity index (χ3v) is 2.60. The summed E-state index contributed by atoms with van der Waals surface area (Å²) in [4.78, 5) is 3.93. The maximum absolute atomic E-state index is 10.0. The predicted molar refractivity (Wildman–Crippen MR) is 57.8 cm³/mol. The topological polar surface area (TPSA) is 78.2 Å². The van der Waals surface area contributed by atoms with E-state index >= 15 is 0 Å². The van der Waals surface area contributed by atoms with Crippen LogP contribution < -0.4 is 5.32 Å². The van der Waals surface area contributed by atoms with E-state index < -0.39 is 5.60 Å². The van der Waals surface area contributed by atoms with Crippen molar-refractivity contribution in [2.75, 3.05) is 25.1 Å². The first-order valence-electron chi connectivity index (χ1n) is 5.13. The van der Waals surface area contributed by atoms with E-state index in [1.807, 2.05) is 6.07 Å². The summed E-state index contributed by atoms with van der Waals surface area (Å²) in [5, 5.41) is 21.9. The third kappa shape index (κ3) is 2.30. The van der Waals surface area contributed by atoms with Crippen LogP contribution in [0.5, 0.6) is 0 Å². The lowest BCUT2D eigenvalue weighted by Crippen LogP contribution is -2.37. The molecule has 0 spiro atoms. The lowest BCUT2D eigenvalue weighted by molar-refractivity contribution is 0.0382. The molecule has 1 saturated heterocycles. The molecule has 1 aliphatic heterocycles. The summed E-state index contributed by atoms with van der Waals surface area (Å²) >= 11 is 0. The van der Waals surface area contributed by atoms with Gasteiger partial charge in [-0.25, -0.2) is 4.98 Å². The summed E-state index contributed by atoms with van der Waals surface area (Å²) in [6.07, 6.45) is 2.18. The maximum atomic E-state index is 10.0. The zero-order chi connectivity index (χ0) is 11.4. The van der Waals surface area contributed by atoms with Crippen molar-refractivity contribution in [1.29, 1.82) is 5.26 Å². The van der Waals surface area contributed by atoms with Gasteiger partial charge >= 0.3 is 0 Å². The van der Waals surface area contributed by atoms with E-state index in [4.69, 9.17) is 10.00 Å². The monoisotopic (exact) mass is 219 g/mol. The zero-order valence-corrected chi connectivity index (χ0v) is 8.81. The lowest BCUT2D eigenvalue weighted by Gasteiger charge is -2.21. The van der Waals surface area contributed by atoms with Crippen LogP contribution in [0.25, 0.3) is 0 Å². The molecule has 1 unspecified atom stereocenters. The Bertz CT molecular complexity index is 408. The largest absolute Gasteiger partial charge is 0.386 e. The molecule has 0 saturated carbocycles. The van der Waals surface area contributed by atoms with Crippen molar-refractivity contribution in [2.45, 2.75) is 12.0 Å². The summed E-state index contributed by atoms with van der Waals surface area (Å²) in [6, 6.07) is 5.51. The Morgan fingerprint density at radius 2 is 2.56 bits per heavy atom. The van der Waals surface area contributed by atoms with Gasteiger partial charge in [0.2, 0.25) is 0 Å². The van der Waals surface area contributed by atoms with Gasteiger partial charge in [-0.15, -0.1) is 0 Å². The molecular formula is C11H13N3O2. The van der Waals surface area contributed by atoms with Crippen molar-refractivity contribution in [3.8, 4) is 6.07 Å². The first-order chi connectivity index (χ1) is 7.73. The Morgan fingerprint density at radius 1 is 1.69 bits per heavy atom. The molecule has 0 radical (unpaired) electrons. The molecule has 0 bridgehead atoms. The van der Waals surface area contributed by atoms with Crippen LogP contribution in [0.1, 0.15) is 12.1 Å². The van der Waals surface area contributed by atoms with E-state index in [0.29, 0.717) is 37.6 Å². The van der Waals surface area contributed by atoms with Crippen LogP contribution in [-0.4, -0.2) is 35.5 Å². The number of nitrogens with one attached hydrogen (secondary N) is 1. The minimum absolute atomic E-state index is 0.335. The molecule has 1 atom stereocenters. The summed E-state index contributed by atoms with van der Waals surface area (Å²) in [5.74, 6) is 0. The second kappa shape index (κ2) is 4.47. The highest BCUT2D eigenvalue weighted by atomic mass is 16.5. The number of hydrogen-bond acceptors (Lipinski definition) is 5. The molecule has 1 fully saturated rings. The Kier molecular flexibility index (Phi) is 3.04. The number of nitriles is 1. The van der Waals surface area contributed by atoms with Crippen LogP contribution in [0, 0.1) is 11.3 Å². The van der Waals surface area contributed by atoms with Gasteiger partial charge in [0.05, 0.1) is 12.3 Å². The van der Waals surface area contributed by atoms with E-state index in [2.05, 4.69) is 10.3 Å². The fourth-order valence-electron chi connectivity index (χ4n) is 1.63. The molecule has 1 aliphatic rings. The quantitative estimate of drug-likeness (QED) is 0.774. The van der Waals surface area contributed by atoms with Crippen molar-refractivity contribution in [3.63, 3.8) is 0 Å². The van der Waals surface area contributed by atoms with Crippen LogP contribution in [-0.2, 0) is 4.74 Å². The highest BCUT2D eigenvalue weighted by molar-refractivity contribution is 5.53. The smallest absolute Gasteiger partial charge is 0.163 e. The molecule has 2 N–H and O–H groups in total. The molecule has 1 aromatic rings. The summed E-state index contributed by atoms with van der Waals surface area (Å²) in [7, 11) is 0. The van der Waals surface area contributed by atoms with Gasteiger partial charge in [-0.2, -0.15) is 5.26 Å². The Hall–Kier alpha value is -1.64. The molecule has 0 aromatic carbocycles. The van der Waals surface area contributed by atoms with Crippen LogP contribution in [0.15, 0.2) is 18.3 Å². The van der Waals surface area contributed by atoms with E-state index in [-0.39, 0.29) is 0 Å². The highest BCUT2D eigenvalue weighted by Gasteiger charge is 2.32. The number of anilines is 1. The molecule has 16 heavy (non-hydrogen) atoms. The van der Waals surface area contributed by atoms with Gasteiger partial charge in [0, 0.05) is 25.8 Å². The third-order valence-electron chi connectivity index (χ3n) is 2.60. The predicted octanol–water partition coefficient (Wildman–Crippen LogP) is 0.517. The van der Waals surface area contributed by atoms with Crippen LogP contribution in [0.2, 0.25) is 0 Å². The molecular weight excluding hydrogens is 206 g/mol. The number of pyridine rings is 1. The Balaban J connectivity index is 2.02. The molecule has 2 rings (SSSR count). The summed E-state index contributed by atoms with van der Waals surface area (Å²) in [5.41, 5.74) is 0.151. The van der Waals surface area contributed by atoms with E-state index in [1.165, 1.54) is 0 Å². The molecule has 5 heteroatoms. The fourth-order valence-corrected chi connectivity index (χ4v) is 1.63. The van der Waals surface area contributed by atoms with Gasteiger partial charge in [-0.3, -0.25) is 0 Å². The summed E-state index contributed by atoms with van der Waals surface area (Å²) < 4.78 is 5.13. The maximum Gasteiger partial charge on any atom is 0.163 e. The first kappa shape index (κ1) is 10.9. The number of nitrogens with zero attached hydrogens (tertiary/aromatic N) is 2. The van der Waals surface area contributed by atoms with Gasteiger partial charge in [0.25, 0.3) is 0 Å². The molecule has 84 valence electrons. The number of aromatic nitrogens is 1. The zero-order valence-electron chi connectivity index (χ0n) is 8.81. The standard InChI is InChI=1S/C11H13N3O2/c12-6-10-9(2-1-4-13-10)14-7-11(15)3-5-16-8-11/h1-2,4,14-15H,3,5,7-8H2. The average molecular weight is 219 g/mol. The van der Waals surface area contributed by atoms with Crippen LogP contribution in [0.4, 0.5) is 5.69 Å². The van der Waals surface area contributed by atoms with Crippen molar-refractivity contribution >= 4 is 5.69 Å². The molecule has 0 aliphatic carbocycles. The van der Waals surface area contributed by atoms with Gasteiger partial charge in [-0.05, 0) is 12.1 Å². The second-order valence-electron chi connectivity index (χ2n) is 3.89. The van der Waals surface area contributed by atoms with Crippen molar-refractivity contribution in [1.82, 2.24) is 4.98 Å².